The van der Waals surface area contributed by atoms with Crippen LogP contribution in [-0.4, -0.2) is 29.8 Å². The molecule has 4 rings (SSSR count). The molecule has 1 aliphatic rings. The average molecular weight is 514 g/mol. The van der Waals surface area contributed by atoms with Crippen molar-refractivity contribution in [1.82, 2.24) is 10.2 Å². The summed E-state index contributed by atoms with van der Waals surface area (Å²) in [5.41, 5.74) is 5.96. The smallest absolute Gasteiger partial charge is 0.325 e. The normalized spacial score (nSPS) is 15.0. The van der Waals surface area contributed by atoms with E-state index in [0.717, 1.165) is 6.07 Å². The Labute approximate surface area is 209 Å². The van der Waals surface area contributed by atoms with E-state index >= 15 is 0 Å². The van der Waals surface area contributed by atoms with E-state index in [4.69, 9.17) is 5.73 Å². The zero-order valence-corrected chi connectivity index (χ0v) is 19.8. The molecule has 1 aliphatic heterocycles. The lowest BCUT2D eigenvalue weighted by molar-refractivity contribution is 0.0948. The number of fused-ring (bicyclic) bond motifs is 1. The van der Waals surface area contributed by atoms with Gasteiger partial charge in [-0.1, -0.05) is 6.07 Å². The standard InChI is InChI=1S/C26H22F4N4O3/c1-13-18-5-3-15(25(36)32-11-19-21(29)9-17(27)10-22(19)30)8-23(18)34(26(37)33(13)2)12-16-7-14(24(31)35)4-6-20(16)28/h3-10,13H,11-12H2,1-2H3,(H2,31,35)(H,32,36). The Morgan fingerprint density at radius 2 is 1.59 bits per heavy atom. The number of hydrogen-bond donors (Lipinski definition) is 2. The predicted molar refractivity (Wildman–Crippen MR) is 127 cm³/mol. The van der Waals surface area contributed by atoms with E-state index in [2.05, 4.69) is 5.32 Å². The minimum absolute atomic E-state index is 0.0377. The number of anilines is 1. The van der Waals surface area contributed by atoms with Gasteiger partial charge in [0.05, 0.1) is 18.3 Å². The van der Waals surface area contributed by atoms with Crippen molar-refractivity contribution in [2.75, 3.05) is 11.9 Å². The van der Waals surface area contributed by atoms with Crippen molar-refractivity contribution in [3.63, 3.8) is 0 Å². The first kappa shape index (κ1) is 25.7. The highest BCUT2D eigenvalue weighted by molar-refractivity contribution is 6.00. The Morgan fingerprint density at radius 3 is 2.24 bits per heavy atom. The predicted octanol–water partition coefficient (Wildman–Crippen LogP) is 4.40. The largest absolute Gasteiger partial charge is 0.366 e. The summed E-state index contributed by atoms with van der Waals surface area (Å²) in [6.07, 6.45) is 0. The molecule has 0 saturated heterocycles. The number of carbonyl (C=O) groups excluding carboxylic acids is 3. The van der Waals surface area contributed by atoms with E-state index in [1.165, 1.54) is 34.1 Å². The van der Waals surface area contributed by atoms with Gasteiger partial charge in [0.1, 0.15) is 23.3 Å². The highest BCUT2D eigenvalue weighted by atomic mass is 19.1. The van der Waals surface area contributed by atoms with Crippen molar-refractivity contribution >= 4 is 23.5 Å². The molecule has 0 radical (unpaired) electrons. The molecular formula is C26H22F4N4O3. The third-order valence-corrected chi connectivity index (χ3v) is 6.34. The molecule has 0 bridgehead atoms. The number of urea groups is 1. The van der Waals surface area contributed by atoms with Gasteiger partial charge in [0.2, 0.25) is 5.91 Å². The summed E-state index contributed by atoms with van der Waals surface area (Å²) >= 11 is 0. The molecular weight excluding hydrogens is 492 g/mol. The van der Waals surface area contributed by atoms with Gasteiger partial charge in [-0.25, -0.2) is 22.4 Å². The van der Waals surface area contributed by atoms with Crippen LogP contribution in [0.25, 0.3) is 0 Å². The van der Waals surface area contributed by atoms with Crippen LogP contribution < -0.4 is 16.0 Å². The summed E-state index contributed by atoms with van der Waals surface area (Å²) in [6.45, 7) is 0.982. The Balaban J connectivity index is 1.66. The van der Waals surface area contributed by atoms with E-state index in [9.17, 15) is 31.9 Å². The second-order valence-corrected chi connectivity index (χ2v) is 8.63. The highest BCUT2D eigenvalue weighted by Crippen LogP contribution is 2.37. The molecule has 0 fully saturated rings. The van der Waals surface area contributed by atoms with Crippen LogP contribution >= 0.6 is 0 Å². The summed E-state index contributed by atoms with van der Waals surface area (Å²) in [5, 5.41) is 2.38. The van der Waals surface area contributed by atoms with Crippen LogP contribution in [0.1, 0.15) is 50.4 Å². The SMILES string of the molecule is CC1c2ccc(C(=O)NCc3c(F)cc(F)cc3F)cc2N(Cc2cc(C(N)=O)ccc2F)C(=O)N1C. The summed E-state index contributed by atoms with van der Waals surface area (Å²) in [5.74, 6) is -5.48. The fraction of sp³-hybridized carbons (Fsp3) is 0.192. The summed E-state index contributed by atoms with van der Waals surface area (Å²) in [7, 11) is 1.57. The summed E-state index contributed by atoms with van der Waals surface area (Å²) < 4.78 is 55.6. The number of hydrogen-bond acceptors (Lipinski definition) is 3. The molecule has 0 spiro atoms. The van der Waals surface area contributed by atoms with E-state index in [0.29, 0.717) is 23.4 Å². The van der Waals surface area contributed by atoms with Crippen molar-refractivity contribution in [2.45, 2.75) is 26.1 Å². The molecule has 3 aromatic carbocycles. The molecule has 0 saturated carbocycles. The number of nitrogens with two attached hydrogens (primary N) is 1. The molecule has 192 valence electrons. The Bertz CT molecular complexity index is 1410. The Morgan fingerprint density at radius 1 is 0.946 bits per heavy atom. The number of benzene rings is 3. The molecule has 0 aliphatic carbocycles. The second kappa shape index (κ2) is 9.92. The molecule has 0 aromatic heterocycles. The molecule has 37 heavy (non-hydrogen) atoms. The fourth-order valence-electron chi connectivity index (χ4n) is 4.12. The van der Waals surface area contributed by atoms with Gasteiger partial charge in [0, 0.05) is 48.0 Å². The van der Waals surface area contributed by atoms with Gasteiger partial charge >= 0.3 is 6.03 Å². The van der Waals surface area contributed by atoms with Gasteiger partial charge in [0.25, 0.3) is 5.91 Å². The number of nitrogens with one attached hydrogen (secondary N) is 1. The van der Waals surface area contributed by atoms with Crippen LogP contribution in [0.2, 0.25) is 0 Å². The lowest BCUT2D eigenvalue weighted by Crippen LogP contribution is -2.46. The second-order valence-electron chi connectivity index (χ2n) is 8.63. The molecule has 1 heterocycles. The van der Waals surface area contributed by atoms with Gasteiger partial charge in [-0.3, -0.25) is 14.5 Å². The van der Waals surface area contributed by atoms with Crippen LogP contribution in [0, 0.1) is 23.3 Å². The minimum Gasteiger partial charge on any atom is -0.366 e. The van der Waals surface area contributed by atoms with Gasteiger partial charge in [-0.05, 0) is 42.8 Å². The van der Waals surface area contributed by atoms with Crippen molar-refractivity contribution in [2.24, 2.45) is 5.73 Å². The molecule has 1 unspecified atom stereocenters. The van der Waals surface area contributed by atoms with Crippen molar-refractivity contribution in [3.05, 3.63) is 99.6 Å². The third kappa shape index (κ3) is 4.97. The van der Waals surface area contributed by atoms with Gasteiger partial charge < -0.3 is 16.0 Å². The zero-order chi connectivity index (χ0) is 27.0. The number of carbonyl (C=O) groups is 3. The van der Waals surface area contributed by atoms with Crippen LogP contribution in [0.5, 0.6) is 0 Å². The number of primary amides is 1. The lowest BCUT2D eigenvalue weighted by Gasteiger charge is -2.39. The number of rotatable bonds is 6. The molecule has 7 nitrogen and oxygen atoms in total. The van der Waals surface area contributed by atoms with E-state index in [-0.39, 0.29) is 29.3 Å². The van der Waals surface area contributed by atoms with Crippen molar-refractivity contribution in [3.8, 4) is 0 Å². The average Bonchev–Trinajstić information content (AvgIpc) is 2.85. The van der Waals surface area contributed by atoms with E-state index in [1.807, 2.05) is 0 Å². The molecule has 11 heteroatoms. The Kier molecular flexibility index (Phi) is 6.88. The monoisotopic (exact) mass is 514 g/mol. The lowest BCUT2D eigenvalue weighted by atomic mass is 9.98. The van der Waals surface area contributed by atoms with Crippen molar-refractivity contribution in [1.29, 1.82) is 0 Å². The molecule has 1 atom stereocenters. The quantitative estimate of drug-likeness (QED) is 0.477. The first-order valence-corrected chi connectivity index (χ1v) is 11.2. The first-order chi connectivity index (χ1) is 17.5. The topological polar surface area (TPSA) is 95.7 Å². The third-order valence-electron chi connectivity index (χ3n) is 6.34. The van der Waals surface area contributed by atoms with Crippen LogP contribution in [-0.2, 0) is 13.1 Å². The van der Waals surface area contributed by atoms with Crippen LogP contribution in [0.4, 0.5) is 28.0 Å². The highest BCUT2D eigenvalue weighted by Gasteiger charge is 2.34. The van der Waals surface area contributed by atoms with Crippen molar-refractivity contribution < 1.29 is 31.9 Å². The zero-order valence-electron chi connectivity index (χ0n) is 19.8. The molecule has 3 N–H and O–H groups in total. The van der Waals surface area contributed by atoms with E-state index in [1.54, 1.807) is 20.0 Å². The maximum Gasteiger partial charge on any atom is 0.325 e. The molecule has 4 amide bonds. The summed E-state index contributed by atoms with van der Waals surface area (Å²) in [4.78, 5) is 40.2. The minimum atomic E-state index is -1.14. The van der Waals surface area contributed by atoms with Crippen LogP contribution in [0.15, 0.2) is 48.5 Å². The van der Waals surface area contributed by atoms with Gasteiger partial charge in [0.15, 0.2) is 0 Å². The van der Waals surface area contributed by atoms with Crippen LogP contribution in [0.3, 0.4) is 0 Å². The van der Waals surface area contributed by atoms with E-state index < -0.39 is 53.2 Å². The number of nitrogens with zero attached hydrogens (tertiary/aromatic N) is 2. The number of amides is 4. The number of halogens is 4. The van der Waals surface area contributed by atoms with Gasteiger partial charge in [-0.2, -0.15) is 0 Å². The summed E-state index contributed by atoms with van der Waals surface area (Å²) in [6, 6.07) is 8.26. The fourth-order valence-corrected chi connectivity index (χ4v) is 4.12. The Hall–Kier alpha value is -4.41. The molecule has 3 aromatic rings. The maximum absolute atomic E-state index is 14.6. The van der Waals surface area contributed by atoms with Gasteiger partial charge in [-0.15, -0.1) is 0 Å². The maximum atomic E-state index is 14.6. The first-order valence-electron chi connectivity index (χ1n) is 11.2.